The fourth-order valence-corrected chi connectivity index (χ4v) is 2.41. The molecule has 6 heteroatoms. The summed E-state index contributed by atoms with van der Waals surface area (Å²) in [5, 5.41) is 13.1. The molecule has 5 nitrogen and oxygen atoms in total. The summed E-state index contributed by atoms with van der Waals surface area (Å²) in [5.41, 5.74) is 2.21. The van der Waals surface area contributed by atoms with Crippen molar-refractivity contribution in [1.29, 1.82) is 5.26 Å². The fraction of sp³-hybridized carbons (Fsp3) is 0.400. The van der Waals surface area contributed by atoms with Gasteiger partial charge in [0.2, 0.25) is 4.77 Å². The van der Waals surface area contributed by atoms with E-state index in [1.165, 1.54) is 0 Å². The highest BCUT2D eigenvalue weighted by Gasteiger charge is 2.09. The zero-order valence-corrected chi connectivity index (χ0v) is 13.2. The number of aromatic nitrogens is 3. The zero-order valence-electron chi connectivity index (χ0n) is 12.4. The lowest BCUT2D eigenvalue weighted by molar-refractivity contribution is 0.220. The first-order valence-electron chi connectivity index (χ1n) is 6.97. The van der Waals surface area contributed by atoms with Crippen LogP contribution in [0.3, 0.4) is 0 Å². The number of nitrogens with zero attached hydrogens (tertiary/aromatic N) is 5. The molecule has 0 saturated carbocycles. The molecule has 0 saturated heterocycles. The Morgan fingerprint density at radius 2 is 2.14 bits per heavy atom. The average Bonchev–Trinajstić information content (AvgIpc) is 2.85. The summed E-state index contributed by atoms with van der Waals surface area (Å²) >= 11 is 5.52. The first-order chi connectivity index (χ1) is 10.2. The molecule has 0 aliphatic rings. The van der Waals surface area contributed by atoms with Gasteiger partial charge in [-0.3, -0.25) is 9.47 Å². The number of aryl methyl sites for hydroxylation is 1. The Balaban J connectivity index is 2.24. The van der Waals surface area contributed by atoms with E-state index in [4.69, 9.17) is 17.5 Å². The normalized spacial score (nSPS) is 10.8. The number of rotatable bonds is 6. The van der Waals surface area contributed by atoms with E-state index in [1.54, 1.807) is 11.0 Å². The van der Waals surface area contributed by atoms with E-state index in [0.29, 0.717) is 17.9 Å². The van der Waals surface area contributed by atoms with Crippen molar-refractivity contribution in [2.75, 3.05) is 13.1 Å². The van der Waals surface area contributed by atoms with Gasteiger partial charge < -0.3 is 0 Å². The number of nitriles is 1. The molecule has 110 valence electrons. The summed E-state index contributed by atoms with van der Waals surface area (Å²) in [6.07, 6.45) is 2.27. The summed E-state index contributed by atoms with van der Waals surface area (Å²) in [7, 11) is 0. The Hall–Kier alpha value is -1.97. The van der Waals surface area contributed by atoms with Crippen molar-refractivity contribution in [3.05, 3.63) is 40.9 Å². The number of benzene rings is 1. The molecule has 0 bridgehead atoms. The Kier molecular flexibility index (Phi) is 5.26. The molecule has 0 atom stereocenters. The molecule has 1 heterocycles. The zero-order chi connectivity index (χ0) is 15.2. The van der Waals surface area contributed by atoms with Gasteiger partial charge in [-0.25, -0.2) is 4.68 Å². The van der Waals surface area contributed by atoms with E-state index < -0.39 is 0 Å². The average molecular weight is 301 g/mol. The van der Waals surface area contributed by atoms with Crippen LogP contribution in [-0.2, 0) is 6.67 Å². The second-order valence-electron chi connectivity index (χ2n) is 4.83. The van der Waals surface area contributed by atoms with E-state index in [2.05, 4.69) is 36.0 Å². The molecule has 0 fully saturated rings. The lowest BCUT2D eigenvalue weighted by Crippen LogP contribution is -2.28. The molecule has 0 aliphatic carbocycles. The maximum absolute atomic E-state index is 8.69. The third-order valence-electron chi connectivity index (χ3n) is 3.43. The number of para-hydroxylation sites is 1. The van der Waals surface area contributed by atoms with Crippen LogP contribution in [0.4, 0.5) is 0 Å². The van der Waals surface area contributed by atoms with E-state index >= 15 is 0 Å². The van der Waals surface area contributed by atoms with Crippen LogP contribution >= 0.6 is 12.2 Å². The van der Waals surface area contributed by atoms with Crippen LogP contribution < -0.4 is 0 Å². The molecule has 0 aliphatic heterocycles. The Bertz CT molecular complexity index is 695. The largest absolute Gasteiger partial charge is 0.284 e. The molecule has 0 radical (unpaired) electrons. The topological polar surface area (TPSA) is 49.8 Å². The van der Waals surface area contributed by atoms with E-state index in [0.717, 1.165) is 24.3 Å². The highest BCUT2D eigenvalue weighted by Crippen LogP contribution is 2.13. The number of hydrogen-bond acceptors (Lipinski definition) is 4. The van der Waals surface area contributed by atoms with Gasteiger partial charge in [0.25, 0.3) is 0 Å². The Morgan fingerprint density at radius 1 is 1.38 bits per heavy atom. The molecular formula is C15H19N5S. The van der Waals surface area contributed by atoms with E-state index in [9.17, 15) is 0 Å². The minimum absolute atomic E-state index is 0.514. The van der Waals surface area contributed by atoms with Crippen LogP contribution in [0.25, 0.3) is 5.69 Å². The quantitative estimate of drug-likeness (QED) is 0.770. The van der Waals surface area contributed by atoms with E-state index in [-0.39, 0.29) is 0 Å². The molecule has 0 amide bonds. The SMILES string of the molecule is CCN(CCC#N)Cn1ncn(-c2ccccc2C)c1=S. The smallest absolute Gasteiger partial charge is 0.203 e. The number of hydrogen-bond donors (Lipinski definition) is 0. The second kappa shape index (κ2) is 7.16. The first-order valence-corrected chi connectivity index (χ1v) is 7.38. The van der Waals surface area contributed by atoms with Crippen LogP contribution in [0.1, 0.15) is 18.9 Å². The van der Waals surface area contributed by atoms with Gasteiger partial charge in [-0.05, 0) is 37.3 Å². The highest BCUT2D eigenvalue weighted by molar-refractivity contribution is 7.71. The van der Waals surface area contributed by atoms with Gasteiger partial charge in [-0.1, -0.05) is 25.1 Å². The molecule has 0 unspecified atom stereocenters. The summed E-state index contributed by atoms with van der Waals surface area (Å²) in [6.45, 7) is 6.32. The van der Waals surface area contributed by atoms with Crippen LogP contribution in [0.2, 0.25) is 0 Å². The van der Waals surface area contributed by atoms with Crippen molar-refractivity contribution < 1.29 is 0 Å². The predicted octanol–water partition coefficient (Wildman–Crippen LogP) is 2.90. The minimum atomic E-state index is 0.514. The van der Waals surface area contributed by atoms with Crippen molar-refractivity contribution >= 4 is 12.2 Å². The molecule has 2 rings (SSSR count). The van der Waals surface area contributed by atoms with Gasteiger partial charge in [-0.2, -0.15) is 10.4 Å². The Labute approximate surface area is 130 Å². The summed E-state index contributed by atoms with van der Waals surface area (Å²) in [4.78, 5) is 2.15. The van der Waals surface area contributed by atoms with Crippen LogP contribution in [0, 0.1) is 23.0 Å². The van der Waals surface area contributed by atoms with Gasteiger partial charge >= 0.3 is 0 Å². The van der Waals surface area contributed by atoms with Crippen molar-refractivity contribution in [3.63, 3.8) is 0 Å². The van der Waals surface area contributed by atoms with Crippen LogP contribution in [-0.4, -0.2) is 32.3 Å². The Morgan fingerprint density at radius 3 is 2.81 bits per heavy atom. The standard InChI is InChI=1S/C15H19N5S/c1-3-18(10-6-9-16)12-20-15(21)19(11-17-20)14-8-5-4-7-13(14)2/h4-5,7-8,11H,3,6,10,12H2,1-2H3. The third-order valence-corrected chi connectivity index (χ3v) is 3.84. The van der Waals surface area contributed by atoms with Crippen molar-refractivity contribution in [2.45, 2.75) is 26.9 Å². The highest BCUT2D eigenvalue weighted by atomic mass is 32.1. The van der Waals surface area contributed by atoms with Crippen molar-refractivity contribution in [1.82, 2.24) is 19.2 Å². The van der Waals surface area contributed by atoms with Gasteiger partial charge in [0.1, 0.15) is 6.33 Å². The minimum Gasteiger partial charge on any atom is -0.284 e. The lowest BCUT2D eigenvalue weighted by Gasteiger charge is -2.18. The van der Waals surface area contributed by atoms with Crippen LogP contribution in [0.5, 0.6) is 0 Å². The first kappa shape index (κ1) is 15.4. The van der Waals surface area contributed by atoms with Crippen LogP contribution in [0.15, 0.2) is 30.6 Å². The summed E-state index contributed by atoms with van der Waals surface area (Å²) in [5.74, 6) is 0. The van der Waals surface area contributed by atoms with E-state index in [1.807, 2.05) is 22.8 Å². The maximum Gasteiger partial charge on any atom is 0.203 e. The van der Waals surface area contributed by atoms with Crippen molar-refractivity contribution in [2.24, 2.45) is 0 Å². The summed E-state index contributed by atoms with van der Waals surface area (Å²) < 4.78 is 4.38. The molecule has 1 aromatic carbocycles. The third kappa shape index (κ3) is 3.57. The van der Waals surface area contributed by atoms with Gasteiger partial charge in [0.05, 0.1) is 18.4 Å². The maximum atomic E-state index is 8.69. The van der Waals surface area contributed by atoms with Gasteiger partial charge in [-0.15, -0.1) is 0 Å². The monoisotopic (exact) mass is 301 g/mol. The molecule has 2 aromatic rings. The lowest BCUT2D eigenvalue weighted by atomic mass is 10.2. The molecule has 1 aromatic heterocycles. The molecule has 21 heavy (non-hydrogen) atoms. The van der Waals surface area contributed by atoms with Crippen molar-refractivity contribution in [3.8, 4) is 11.8 Å². The van der Waals surface area contributed by atoms with Gasteiger partial charge in [0.15, 0.2) is 0 Å². The molecule has 0 N–H and O–H groups in total. The molecule has 0 spiro atoms. The second-order valence-corrected chi connectivity index (χ2v) is 5.19. The predicted molar refractivity (Wildman–Crippen MR) is 84.6 cm³/mol. The van der Waals surface area contributed by atoms with Gasteiger partial charge in [0, 0.05) is 13.0 Å². The summed E-state index contributed by atoms with van der Waals surface area (Å²) in [6, 6.07) is 10.3. The fourth-order valence-electron chi connectivity index (χ4n) is 2.16. The molecular weight excluding hydrogens is 282 g/mol.